The van der Waals surface area contributed by atoms with E-state index in [2.05, 4.69) is 10.6 Å². The molecule has 0 aliphatic heterocycles. The maximum atomic E-state index is 12.6. The van der Waals surface area contributed by atoms with Gasteiger partial charge in [0.25, 0.3) is 0 Å². The van der Waals surface area contributed by atoms with E-state index in [0.717, 1.165) is 44.2 Å². The van der Waals surface area contributed by atoms with E-state index in [1.54, 1.807) is 12.1 Å². The van der Waals surface area contributed by atoms with Crippen LogP contribution in [0.3, 0.4) is 0 Å². The molecule has 0 aromatic heterocycles. The van der Waals surface area contributed by atoms with Crippen LogP contribution in [-0.4, -0.2) is 17.9 Å². The third kappa shape index (κ3) is 5.47. The molecule has 2 saturated carbocycles. The number of halogens is 1. The number of anilines is 1. The van der Waals surface area contributed by atoms with Crippen LogP contribution in [0.5, 0.6) is 0 Å². The van der Waals surface area contributed by atoms with E-state index >= 15 is 0 Å². The molecule has 0 unspecified atom stereocenters. The van der Waals surface area contributed by atoms with Crippen molar-refractivity contribution in [1.82, 2.24) is 5.32 Å². The highest BCUT2D eigenvalue weighted by Gasteiger charge is 2.30. The molecule has 5 heteroatoms. The van der Waals surface area contributed by atoms with Crippen molar-refractivity contribution in [3.05, 3.63) is 29.3 Å². The van der Waals surface area contributed by atoms with E-state index in [9.17, 15) is 9.59 Å². The van der Waals surface area contributed by atoms with E-state index in [1.807, 2.05) is 12.1 Å². The van der Waals surface area contributed by atoms with Crippen molar-refractivity contribution in [2.75, 3.05) is 5.32 Å². The standard InChI is InChI=1S/C21H29ClN2O2/c22-17-6-5-9-19(14-17)24-21(26)16-12-10-15(11-13-16)20(25)23-18-7-3-1-2-4-8-18/h5-6,9,14-16,18H,1-4,7-8,10-13H2,(H,23,25)(H,24,26). The normalized spacial score (nSPS) is 24.5. The maximum Gasteiger partial charge on any atom is 0.227 e. The van der Waals surface area contributed by atoms with Gasteiger partial charge in [0.15, 0.2) is 0 Å². The van der Waals surface area contributed by atoms with Crippen molar-refractivity contribution >= 4 is 29.1 Å². The van der Waals surface area contributed by atoms with Crippen LogP contribution < -0.4 is 10.6 Å². The molecule has 2 N–H and O–H groups in total. The van der Waals surface area contributed by atoms with Crippen molar-refractivity contribution in [1.29, 1.82) is 0 Å². The summed E-state index contributed by atoms with van der Waals surface area (Å²) in [6.45, 7) is 0. The first-order chi connectivity index (χ1) is 12.6. The van der Waals surface area contributed by atoms with E-state index < -0.39 is 0 Å². The lowest BCUT2D eigenvalue weighted by molar-refractivity contribution is -0.129. The Hall–Kier alpha value is -1.55. The summed E-state index contributed by atoms with van der Waals surface area (Å²) in [7, 11) is 0. The Morgan fingerprint density at radius 2 is 1.46 bits per heavy atom. The number of amides is 2. The summed E-state index contributed by atoms with van der Waals surface area (Å²) in [5, 5.41) is 6.82. The van der Waals surface area contributed by atoms with Crippen LogP contribution in [0.4, 0.5) is 5.69 Å². The number of nitrogens with one attached hydrogen (secondary N) is 2. The molecule has 2 aliphatic carbocycles. The van der Waals surface area contributed by atoms with Crippen LogP contribution >= 0.6 is 11.6 Å². The van der Waals surface area contributed by atoms with Crippen molar-refractivity contribution < 1.29 is 9.59 Å². The zero-order valence-corrected chi connectivity index (χ0v) is 16.1. The van der Waals surface area contributed by atoms with Gasteiger partial charge in [-0.1, -0.05) is 43.4 Å². The molecule has 4 nitrogen and oxygen atoms in total. The molecule has 2 fully saturated rings. The summed E-state index contributed by atoms with van der Waals surface area (Å²) in [5.74, 6) is 0.282. The van der Waals surface area contributed by atoms with Gasteiger partial charge >= 0.3 is 0 Å². The van der Waals surface area contributed by atoms with Crippen LogP contribution in [0.2, 0.25) is 5.02 Å². The fraction of sp³-hybridized carbons (Fsp3) is 0.619. The molecule has 2 aliphatic rings. The van der Waals surface area contributed by atoms with Crippen molar-refractivity contribution in [3.63, 3.8) is 0 Å². The predicted octanol–water partition coefficient (Wildman–Crippen LogP) is 4.92. The molecule has 3 rings (SSSR count). The molecule has 1 aromatic carbocycles. The fourth-order valence-electron chi connectivity index (χ4n) is 4.17. The number of carbonyl (C=O) groups excluding carboxylic acids is 2. The summed E-state index contributed by atoms with van der Waals surface area (Å²) in [6, 6.07) is 7.57. The summed E-state index contributed by atoms with van der Waals surface area (Å²) in [5.41, 5.74) is 0.732. The minimum Gasteiger partial charge on any atom is -0.353 e. The Balaban J connectivity index is 1.44. The molecular formula is C21H29ClN2O2. The molecule has 0 radical (unpaired) electrons. The lowest BCUT2D eigenvalue weighted by atomic mass is 9.81. The molecular weight excluding hydrogens is 348 g/mol. The van der Waals surface area contributed by atoms with Gasteiger partial charge in [-0.2, -0.15) is 0 Å². The number of hydrogen-bond acceptors (Lipinski definition) is 2. The molecule has 1 aromatic rings. The number of hydrogen-bond donors (Lipinski definition) is 2. The summed E-state index contributed by atoms with van der Waals surface area (Å²) in [6.07, 6.45) is 10.4. The molecule has 0 bridgehead atoms. The Morgan fingerprint density at radius 1 is 0.846 bits per heavy atom. The Bertz CT molecular complexity index is 618. The first kappa shape index (κ1) is 19.2. The molecule has 0 spiro atoms. The van der Waals surface area contributed by atoms with Crippen LogP contribution in [0, 0.1) is 11.8 Å². The Labute approximate surface area is 161 Å². The Morgan fingerprint density at radius 3 is 2.08 bits per heavy atom. The van der Waals surface area contributed by atoms with Gasteiger partial charge in [0, 0.05) is 28.6 Å². The van der Waals surface area contributed by atoms with Gasteiger partial charge in [0.2, 0.25) is 11.8 Å². The second-order valence-electron chi connectivity index (χ2n) is 7.75. The van der Waals surface area contributed by atoms with E-state index in [1.165, 1.54) is 25.7 Å². The second-order valence-corrected chi connectivity index (χ2v) is 8.18. The molecule has 2 amide bonds. The summed E-state index contributed by atoms with van der Waals surface area (Å²) < 4.78 is 0. The zero-order chi connectivity index (χ0) is 18.4. The number of benzene rings is 1. The second kappa shape index (κ2) is 9.40. The third-order valence-electron chi connectivity index (χ3n) is 5.76. The fourth-order valence-corrected chi connectivity index (χ4v) is 4.36. The monoisotopic (exact) mass is 376 g/mol. The van der Waals surface area contributed by atoms with Crippen molar-refractivity contribution in [3.8, 4) is 0 Å². The van der Waals surface area contributed by atoms with E-state index in [4.69, 9.17) is 11.6 Å². The van der Waals surface area contributed by atoms with Crippen molar-refractivity contribution in [2.45, 2.75) is 70.3 Å². The summed E-state index contributed by atoms with van der Waals surface area (Å²) in [4.78, 5) is 25.0. The van der Waals surface area contributed by atoms with Crippen LogP contribution in [0.15, 0.2) is 24.3 Å². The lowest BCUT2D eigenvalue weighted by Crippen LogP contribution is -2.40. The average molecular weight is 377 g/mol. The van der Waals surface area contributed by atoms with Gasteiger partial charge in [0.05, 0.1) is 0 Å². The zero-order valence-electron chi connectivity index (χ0n) is 15.3. The first-order valence-corrected chi connectivity index (χ1v) is 10.4. The molecule has 26 heavy (non-hydrogen) atoms. The van der Waals surface area contributed by atoms with Crippen LogP contribution in [0.25, 0.3) is 0 Å². The lowest BCUT2D eigenvalue weighted by Gasteiger charge is -2.28. The van der Waals surface area contributed by atoms with Crippen LogP contribution in [0.1, 0.15) is 64.2 Å². The van der Waals surface area contributed by atoms with Gasteiger partial charge < -0.3 is 10.6 Å². The van der Waals surface area contributed by atoms with E-state index in [-0.39, 0.29) is 23.7 Å². The highest BCUT2D eigenvalue weighted by Crippen LogP contribution is 2.30. The topological polar surface area (TPSA) is 58.2 Å². The highest BCUT2D eigenvalue weighted by atomic mass is 35.5. The van der Waals surface area contributed by atoms with Gasteiger partial charge in [-0.3, -0.25) is 9.59 Å². The minimum absolute atomic E-state index is 0.0177. The van der Waals surface area contributed by atoms with Gasteiger partial charge in [-0.15, -0.1) is 0 Å². The van der Waals surface area contributed by atoms with Crippen molar-refractivity contribution in [2.24, 2.45) is 11.8 Å². The number of carbonyl (C=O) groups is 2. The molecule has 0 heterocycles. The van der Waals surface area contributed by atoms with E-state index in [0.29, 0.717) is 11.1 Å². The largest absolute Gasteiger partial charge is 0.353 e. The maximum absolute atomic E-state index is 12.6. The Kier molecular flexibility index (Phi) is 6.95. The predicted molar refractivity (Wildman–Crippen MR) is 105 cm³/mol. The minimum atomic E-state index is -0.0177. The van der Waals surface area contributed by atoms with Crippen LogP contribution in [-0.2, 0) is 9.59 Å². The smallest absolute Gasteiger partial charge is 0.227 e. The number of rotatable bonds is 4. The average Bonchev–Trinajstić information content (AvgIpc) is 2.90. The van der Waals surface area contributed by atoms with Gasteiger partial charge in [0.1, 0.15) is 0 Å². The van der Waals surface area contributed by atoms with Gasteiger partial charge in [-0.25, -0.2) is 0 Å². The first-order valence-electron chi connectivity index (χ1n) is 9.98. The SMILES string of the molecule is O=C(Nc1cccc(Cl)c1)C1CCC(C(=O)NC2CCCCCC2)CC1. The molecule has 142 valence electrons. The quantitative estimate of drug-likeness (QED) is 0.732. The molecule has 0 saturated heterocycles. The third-order valence-corrected chi connectivity index (χ3v) is 6.00. The highest BCUT2D eigenvalue weighted by molar-refractivity contribution is 6.30. The summed E-state index contributed by atoms with van der Waals surface area (Å²) >= 11 is 5.96. The van der Waals surface area contributed by atoms with Gasteiger partial charge in [-0.05, 0) is 56.7 Å². The molecule has 0 atom stereocenters.